The molecule has 6 nitrogen and oxygen atoms in total. The molecule has 1 aromatic carbocycles. The summed E-state index contributed by atoms with van der Waals surface area (Å²) >= 11 is 0. The van der Waals surface area contributed by atoms with Crippen LogP contribution < -0.4 is 5.73 Å². The minimum absolute atomic E-state index is 0.0772. The highest BCUT2D eigenvalue weighted by molar-refractivity contribution is 5.98. The van der Waals surface area contributed by atoms with Crippen LogP contribution in [-0.4, -0.2) is 35.4 Å². The van der Waals surface area contributed by atoms with Gasteiger partial charge >= 0.3 is 0 Å². The largest absolute Gasteiger partial charge is 0.338 e. The molecule has 0 aromatic heterocycles. The van der Waals surface area contributed by atoms with Gasteiger partial charge in [0.05, 0.1) is 4.92 Å². The maximum absolute atomic E-state index is 12.5. The first kappa shape index (κ1) is 15.4. The Bertz CT molecular complexity index is 537. The van der Waals surface area contributed by atoms with Crippen LogP contribution in [-0.2, 0) is 0 Å². The van der Waals surface area contributed by atoms with E-state index in [4.69, 9.17) is 5.73 Å². The summed E-state index contributed by atoms with van der Waals surface area (Å²) < 4.78 is 0. The number of hydrogen-bond donors (Lipinski definition) is 1. The molecule has 1 aliphatic rings. The fraction of sp³-hybridized carbons (Fsp3) is 0.533. The van der Waals surface area contributed by atoms with Gasteiger partial charge < -0.3 is 10.6 Å². The maximum atomic E-state index is 12.5. The molecule has 1 heterocycles. The Labute approximate surface area is 124 Å². The molecule has 0 saturated carbocycles. The average Bonchev–Trinajstić information content (AvgIpc) is 2.47. The number of para-hydroxylation sites is 1. The standard InChI is InChI=1S/C15H21N3O3/c1-11-3-2-4-13(14(11)18(20)21)15(19)17-9-6-12(5-8-16)7-10-17/h2-4,12H,5-10,16H2,1H3. The van der Waals surface area contributed by atoms with Gasteiger partial charge in [-0.15, -0.1) is 0 Å². The molecule has 114 valence electrons. The minimum atomic E-state index is -0.469. The monoisotopic (exact) mass is 291 g/mol. The number of carbonyl (C=O) groups is 1. The maximum Gasteiger partial charge on any atom is 0.285 e. The number of nitro benzene ring substituents is 1. The molecule has 0 spiro atoms. The zero-order chi connectivity index (χ0) is 15.4. The number of nitro groups is 1. The predicted molar refractivity (Wildman–Crippen MR) is 80.1 cm³/mol. The molecule has 1 aromatic rings. The molecule has 1 saturated heterocycles. The molecular formula is C15H21N3O3. The Kier molecular flexibility index (Phi) is 4.90. The second-order valence-electron chi connectivity index (χ2n) is 5.54. The number of amides is 1. The average molecular weight is 291 g/mol. The lowest BCUT2D eigenvalue weighted by molar-refractivity contribution is -0.385. The van der Waals surface area contributed by atoms with E-state index in [-0.39, 0.29) is 17.2 Å². The van der Waals surface area contributed by atoms with Crippen molar-refractivity contribution in [2.45, 2.75) is 26.2 Å². The van der Waals surface area contributed by atoms with Crippen molar-refractivity contribution in [3.8, 4) is 0 Å². The number of nitrogens with two attached hydrogens (primary N) is 1. The summed E-state index contributed by atoms with van der Waals surface area (Å²) in [7, 11) is 0. The lowest BCUT2D eigenvalue weighted by Crippen LogP contribution is -2.39. The van der Waals surface area contributed by atoms with Crippen molar-refractivity contribution in [2.24, 2.45) is 11.7 Å². The van der Waals surface area contributed by atoms with Gasteiger partial charge in [0.1, 0.15) is 5.56 Å². The predicted octanol–water partition coefficient (Wildman–Crippen LogP) is 2.10. The smallest absolute Gasteiger partial charge is 0.285 e. The molecule has 1 fully saturated rings. The number of benzene rings is 1. The zero-order valence-electron chi connectivity index (χ0n) is 12.2. The summed E-state index contributed by atoms with van der Waals surface area (Å²) in [5.41, 5.74) is 6.19. The van der Waals surface area contributed by atoms with Crippen LogP contribution in [0.1, 0.15) is 35.2 Å². The number of piperidine rings is 1. The van der Waals surface area contributed by atoms with Crippen LogP contribution in [0.2, 0.25) is 0 Å². The van der Waals surface area contributed by atoms with Gasteiger partial charge in [-0.1, -0.05) is 12.1 Å². The first-order chi connectivity index (χ1) is 10.0. The van der Waals surface area contributed by atoms with Gasteiger partial charge in [-0.05, 0) is 44.7 Å². The van der Waals surface area contributed by atoms with E-state index in [0.717, 1.165) is 19.3 Å². The summed E-state index contributed by atoms with van der Waals surface area (Å²) in [5.74, 6) is 0.322. The van der Waals surface area contributed by atoms with E-state index in [2.05, 4.69) is 0 Å². The van der Waals surface area contributed by atoms with Crippen LogP contribution in [0.15, 0.2) is 18.2 Å². The fourth-order valence-electron chi connectivity index (χ4n) is 2.90. The van der Waals surface area contributed by atoms with Crippen LogP contribution in [0, 0.1) is 23.0 Å². The van der Waals surface area contributed by atoms with E-state index >= 15 is 0 Å². The first-order valence-electron chi connectivity index (χ1n) is 7.28. The topological polar surface area (TPSA) is 89.5 Å². The zero-order valence-corrected chi connectivity index (χ0v) is 12.2. The summed E-state index contributed by atoms with van der Waals surface area (Å²) in [6, 6.07) is 4.89. The van der Waals surface area contributed by atoms with Crippen LogP contribution in [0.4, 0.5) is 5.69 Å². The summed E-state index contributed by atoms with van der Waals surface area (Å²) in [5, 5.41) is 11.2. The number of aryl methyl sites for hydroxylation is 1. The van der Waals surface area contributed by atoms with E-state index in [0.29, 0.717) is 31.1 Å². The van der Waals surface area contributed by atoms with E-state index < -0.39 is 4.92 Å². The van der Waals surface area contributed by atoms with Gasteiger partial charge in [0, 0.05) is 18.7 Å². The lowest BCUT2D eigenvalue weighted by atomic mass is 9.93. The molecule has 2 rings (SSSR count). The Morgan fingerprint density at radius 2 is 2.10 bits per heavy atom. The van der Waals surface area contributed by atoms with Gasteiger partial charge in [0.15, 0.2) is 0 Å². The van der Waals surface area contributed by atoms with Crippen molar-refractivity contribution in [1.29, 1.82) is 0 Å². The highest BCUT2D eigenvalue weighted by atomic mass is 16.6. The Morgan fingerprint density at radius 1 is 1.43 bits per heavy atom. The van der Waals surface area contributed by atoms with Crippen molar-refractivity contribution in [2.75, 3.05) is 19.6 Å². The van der Waals surface area contributed by atoms with Gasteiger partial charge in [0.2, 0.25) is 0 Å². The summed E-state index contributed by atoms with van der Waals surface area (Å²) in [6.45, 7) is 3.62. The minimum Gasteiger partial charge on any atom is -0.338 e. The first-order valence-corrected chi connectivity index (χ1v) is 7.28. The second kappa shape index (κ2) is 6.67. The molecular weight excluding hydrogens is 270 g/mol. The third-order valence-electron chi connectivity index (χ3n) is 4.13. The SMILES string of the molecule is Cc1cccc(C(=O)N2CCC(CCN)CC2)c1[N+](=O)[O-]. The van der Waals surface area contributed by atoms with Gasteiger partial charge in [-0.3, -0.25) is 14.9 Å². The van der Waals surface area contributed by atoms with E-state index in [1.807, 2.05) is 0 Å². The van der Waals surface area contributed by atoms with Crippen LogP contribution in [0.25, 0.3) is 0 Å². The molecule has 2 N–H and O–H groups in total. The fourth-order valence-corrected chi connectivity index (χ4v) is 2.90. The van der Waals surface area contributed by atoms with Gasteiger partial charge in [0.25, 0.3) is 11.6 Å². The molecule has 1 aliphatic heterocycles. The quantitative estimate of drug-likeness (QED) is 0.679. The number of carbonyl (C=O) groups excluding carboxylic acids is 1. The van der Waals surface area contributed by atoms with Gasteiger partial charge in [-0.25, -0.2) is 0 Å². The Morgan fingerprint density at radius 3 is 2.67 bits per heavy atom. The molecule has 0 unspecified atom stereocenters. The van der Waals surface area contributed by atoms with Crippen molar-refractivity contribution in [1.82, 2.24) is 4.90 Å². The van der Waals surface area contributed by atoms with Crippen molar-refractivity contribution >= 4 is 11.6 Å². The lowest BCUT2D eigenvalue weighted by Gasteiger charge is -2.31. The van der Waals surface area contributed by atoms with Crippen LogP contribution in [0.3, 0.4) is 0 Å². The normalized spacial score (nSPS) is 16.0. The second-order valence-corrected chi connectivity index (χ2v) is 5.54. The van der Waals surface area contributed by atoms with Crippen LogP contribution >= 0.6 is 0 Å². The number of hydrogen-bond acceptors (Lipinski definition) is 4. The highest BCUT2D eigenvalue weighted by Crippen LogP contribution is 2.27. The molecule has 21 heavy (non-hydrogen) atoms. The summed E-state index contributed by atoms with van der Waals surface area (Å²) in [4.78, 5) is 25.0. The molecule has 1 amide bonds. The molecule has 0 radical (unpaired) electrons. The van der Waals surface area contributed by atoms with Crippen LogP contribution in [0.5, 0.6) is 0 Å². The van der Waals surface area contributed by atoms with E-state index in [9.17, 15) is 14.9 Å². The summed E-state index contributed by atoms with van der Waals surface area (Å²) in [6.07, 6.45) is 2.82. The number of likely N-dealkylation sites (tertiary alicyclic amines) is 1. The highest BCUT2D eigenvalue weighted by Gasteiger charge is 2.28. The third-order valence-corrected chi connectivity index (χ3v) is 4.13. The molecule has 0 bridgehead atoms. The molecule has 0 atom stereocenters. The third kappa shape index (κ3) is 3.39. The van der Waals surface area contributed by atoms with Crippen molar-refractivity contribution in [3.05, 3.63) is 39.4 Å². The van der Waals surface area contributed by atoms with Crippen molar-refractivity contribution in [3.63, 3.8) is 0 Å². The van der Waals surface area contributed by atoms with Crippen molar-refractivity contribution < 1.29 is 9.72 Å². The van der Waals surface area contributed by atoms with E-state index in [1.54, 1.807) is 30.0 Å². The Balaban J connectivity index is 2.15. The Hall–Kier alpha value is -1.95. The number of nitrogens with zero attached hydrogens (tertiary/aromatic N) is 2. The molecule has 0 aliphatic carbocycles. The van der Waals surface area contributed by atoms with E-state index in [1.165, 1.54) is 0 Å². The number of rotatable bonds is 4. The van der Waals surface area contributed by atoms with Gasteiger partial charge in [-0.2, -0.15) is 0 Å². The molecule has 6 heteroatoms.